The number of nitrogens with zero attached hydrogens (tertiary/aromatic N) is 2. The fraction of sp³-hybridized carbons (Fsp3) is 0.611. The highest BCUT2D eigenvalue weighted by Gasteiger charge is 2.18. The predicted molar refractivity (Wildman–Crippen MR) is 94.0 cm³/mol. The second-order valence-corrected chi connectivity index (χ2v) is 6.32. The van der Waals surface area contributed by atoms with E-state index in [0.717, 1.165) is 44.4 Å². The minimum atomic E-state index is 0.200. The summed E-state index contributed by atoms with van der Waals surface area (Å²) in [6.45, 7) is 7.53. The maximum Gasteiger partial charge on any atom is 0.193 e. The molecule has 1 unspecified atom stereocenters. The van der Waals surface area contributed by atoms with Gasteiger partial charge in [0.2, 0.25) is 0 Å². The minimum Gasteiger partial charge on any atom is -0.491 e. The SMILES string of the molecule is CN=C(NCc1ccc(OC(C)C)cc1)N(C)CC1CCOC1. The molecule has 1 aromatic rings. The third-order valence-electron chi connectivity index (χ3n) is 3.88. The van der Waals surface area contributed by atoms with Gasteiger partial charge in [-0.15, -0.1) is 0 Å². The third kappa shape index (κ3) is 5.75. The summed E-state index contributed by atoms with van der Waals surface area (Å²) in [5.41, 5.74) is 1.21. The van der Waals surface area contributed by atoms with Crippen molar-refractivity contribution in [1.82, 2.24) is 10.2 Å². The Bertz CT molecular complexity index is 493. The summed E-state index contributed by atoms with van der Waals surface area (Å²) >= 11 is 0. The number of aliphatic imine (C=N–C) groups is 1. The first-order chi connectivity index (χ1) is 11.1. The number of hydrogen-bond acceptors (Lipinski definition) is 3. The number of hydrogen-bond donors (Lipinski definition) is 1. The molecule has 1 saturated heterocycles. The van der Waals surface area contributed by atoms with Gasteiger partial charge in [0.15, 0.2) is 5.96 Å². The Kier molecular flexibility index (Phi) is 6.71. The average Bonchev–Trinajstić information content (AvgIpc) is 3.02. The van der Waals surface area contributed by atoms with E-state index < -0.39 is 0 Å². The van der Waals surface area contributed by atoms with Gasteiger partial charge in [-0.2, -0.15) is 0 Å². The molecule has 0 amide bonds. The highest BCUT2D eigenvalue weighted by Crippen LogP contribution is 2.15. The Labute approximate surface area is 139 Å². The van der Waals surface area contributed by atoms with Gasteiger partial charge in [0, 0.05) is 39.7 Å². The third-order valence-corrected chi connectivity index (χ3v) is 3.88. The van der Waals surface area contributed by atoms with Crippen LogP contribution in [0.4, 0.5) is 0 Å². The van der Waals surface area contributed by atoms with Crippen LogP contribution in [0.1, 0.15) is 25.8 Å². The first-order valence-electron chi connectivity index (χ1n) is 8.33. The van der Waals surface area contributed by atoms with Crippen LogP contribution in [0, 0.1) is 5.92 Å². The van der Waals surface area contributed by atoms with Crippen LogP contribution < -0.4 is 10.1 Å². The summed E-state index contributed by atoms with van der Waals surface area (Å²) < 4.78 is 11.1. The van der Waals surface area contributed by atoms with Crippen LogP contribution in [-0.4, -0.2) is 50.8 Å². The van der Waals surface area contributed by atoms with Crippen molar-refractivity contribution in [1.29, 1.82) is 0 Å². The molecule has 1 N–H and O–H groups in total. The lowest BCUT2D eigenvalue weighted by Crippen LogP contribution is -2.41. The van der Waals surface area contributed by atoms with Crippen LogP contribution in [0.25, 0.3) is 0 Å². The fourth-order valence-electron chi connectivity index (χ4n) is 2.72. The normalized spacial score (nSPS) is 18.3. The molecule has 1 atom stereocenters. The highest BCUT2D eigenvalue weighted by atomic mass is 16.5. The van der Waals surface area contributed by atoms with Gasteiger partial charge in [-0.3, -0.25) is 4.99 Å². The van der Waals surface area contributed by atoms with E-state index in [9.17, 15) is 0 Å². The van der Waals surface area contributed by atoms with Gasteiger partial charge >= 0.3 is 0 Å². The van der Waals surface area contributed by atoms with Gasteiger partial charge in [-0.05, 0) is 38.0 Å². The summed E-state index contributed by atoms with van der Waals surface area (Å²) in [4.78, 5) is 6.54. The number of rotatable bonds is 6. The van der Waals surface area contributed by atoms with Gasteiger partial charge in [0.25, 0.3) is 0 Å². The zero-order valence-corrected chi connectivity index (χ0v) is 14.7. The summed E-state index contributed by atoms with van der Waals surface area (Å²) in [5, 5.41) is 3.41. The number of benzene rings is 1. The zero-order valence-electron chi connectivity index (χ0n) is 14.7. The Balaban J connectivity index is 1.82. The van der Waals surface area contributed by atoms with Gasteiger partial charge < -0.3 is 19.7 Å². The molecule has 0 bridgehead atoms. The quantitative estimate of drug-likeness (QED) is 0.646. The van der Waals surface area contributed by atoms with Gasteiger partial charge in [-0.25, -0.2) is 0 Å². The Morgan fingerprint density at radius 1 is 1.39 bits per heavy atom. The first-order valence-corrected chi connectivity index (χ1v) is 8.33. The molecule has 0 aromatic heterocycles. The lowest BCUT2D eigenvalue weighted by Gasteiger charge is -2.24. The molecule has 1 aliphatic rings. The lowest BCUT2D eigenvalue weighted by atomic mass is 10.1. The summed E-state index contributed by atoms with van der Waals surface area (Å²) in [6.07, 6.45) is 1.34. The van der Waals surface area contributed by atoms with Crippen molar-refractivity contribution in [2.24, 2.45) is 10.9 Å². The van der Waals surface area contributed by atoms with E-state index in [4.69, 9.17) is 9.47 Å². The van der Waals surface area contributed by atoms with Crippen LogP contribution in [0.5, 0.6) is 5.75 Å². The van der Waals surface area contributed by atoms with Gasteiger partial charge in [0.1, 0.15) is 5.75 Å². The second-order valence-electron chi connectivity index (χ2n) is 6.32. The Morgan fingerprint density at radius 3 is 2.70 bits per heavy atom. The summed E-state index contributed by atoms with van der Waals surface area (Å²) in [7, 11) is 3.90. The van der Waals surface area contributed by atoms with Crippen molar-refractivity contribution in [2.75, 3.05) is 33.9 Å². The molecule has 2 rings (SSSR count). The van der Waals surface area contributed by atoms with Crippen molar-refractivity contribution < 1.29 is 9.47 Å². The van der Waals surface area contributed by atoms with E-state index in [1.54, 1.807) is 0 Å². The minimum absolute atomic E-state index is 0.200. The molecule has 0 saturated carbocycles. The van der Waals surface area contributed by atoms with Crippen molar-refractivity contribution in [2.45, 2.75) is 32.9 Å². The lowest BCUT2D eigenvalue weighted by molar-refractivity contribution is 0.181. The van der Waals surface area contributed by atoms with Gasteiger partial charge in [0.05, 0.1) is 12.7 Å². The topological polar surface area (TPSA) is 46.1 Å². The van der Waals surface area contributed by atoms with Crippen LogP contribution >= 0.6 is 0 Å². The number of guanidine groups is 1. The molecule has 128 valence electrons. The maximum atomic E-state index is 5.66. The van der Waals surface area contributed by atoms with E-state index >= 15 is 0 Å². The van der Waals surface area contributed by atoms with Crippen LogP contribution in [0.2, 0.25) is 0 Å². The molecule has 0 aliphatic carbocycles. The van der Waals surface area contributed by atoms with Crippen LogP contribution in [0.15, 0.2) is 29.3 Å². The largest absolute Gasteiger partial charge is 0.491 e. The van der Waals surface area contributed by atoms with Crippen molar-refractivity contribution in [3.8, 4) is 5.75 Å². The predicted octanol–water partition coefficient (Wildman–Crippen LogP) is 2.52. The number of ether oxygens (including phenoxy) is 2. The second kappa shape index (κ2) is 8.77. The highest BCUT2D eigenvalue weighted by molar-refractivity contribution is 5.79. The molecule has 1 fully saturated rings. The van der Waals surface area contributed by atoms with Crippen LogP contribution in [0.3, 0.4) is 0 Å². The molecule has 0 radical (unpaired) electrons. The first kappa shape index (κ1) is 17.6. The van der Waals surface area contributed by atoms with Gasteiger partial charge in [-0.1, -0.05) is 12.1 Å². The van der Waals surface area contributed by atoms with E-state index in [0.29, 0.717) is 5.92 Å². The molecular formula is C18H29N3O2. The van der Waals surface area contributed by atoms with Crippen LogP contribution in [-0.2, 0) is 11.3 Å². The molecule has 23 heavy (non-hydrogen) atoms. The van der Waals surface area contributed by atoms with E-state index in [1.165, 1.54) is 5.56 Å². The molecule has 5 nitrogen and oxygen atoms in total. The smallest absolute Gasteiger partial charge is 0.193 e. The van der Waals surface area contributed by atoms with E-state index in [2.05, 4.69) is 34.4 Å². The monoisotopic (exact) mass is 319 g/mol. The summed E-state index contributed by atoms with van der Waals surface area (Å²) in [6, 6.07) is 8.20. The summed E-state index contributed by atoms with van der Waals surface area (Å²) in [5.74, 6) is 2.43. The standard InChI is InChI=1S/C18H29N3O2/c1-14(2)23-17-7-5-15(6-8-17)11-20-18(19-3)21(4)12-16-9-10-22-13-16/h5-8,14,16H,9-13H2,1-4H3,(H,19,20). The Morgan fingerprint density at radius 2 is 2.13 bits per heavy atom. The van der Waals surface area contributed by atoms with E-state index in [-0.39, 0.29) is 6.10 Å². The molecule has 1 heterocycles. The molecule has 0 spiro atoms. The Hall–Kier alpha value is -1.75. The van der Waals surface area contributed by atoms with Crippen molar-refractivity contribution >= 4 is 5.96 Å². The fourth-order valence-corrected chi connectivity index (χ4v) is 2.72. The molecule has 1 aromatic carbocycles. The molecule has 5 heteroatoms. The molecule has 1 aliphatic heterocycles. The van der Waals surface area contributed by atoms with Crippen molar-refractivity contribution in [3.05, 3.63) is 29.8 Å². The molecular weight excluding hydrogens is 290 g/mol. The zero-order chi connectivity index (χ0) is 16.7. The number of nitrogens with one attached hydrogen (secondary N) is 1. The van der Waals surface area contributed by atoms with E-state index in [1.807, 2.05) is 33.0 Å². The average molecular weight is 319 g/mol. The maximum absolute atomic E-state index is 5.66. The van der Waals surface area contributed by atoms with Crippen molar-refractivity contribution in [3.63, 3.8) is 0 Å².